The number of hydrogen-bond acceptors (Lipinski definition) is 4. The Bertz CT molecular complexity index is 702. The molecule has 0 saturated heterocycles. The van der Waals surface area contributed by atoms with Crippen LogP contribution in [-0.2, 0) is 11.3 Å². The highest BCUT2D eigenvalue weighted by Crippen LogP contribution is 2.17. The average Bonchev–Trinajstić information content (AvgIpc) is 2.74. The predicted molar refractivity (Wildman–Crippen MR) is 116 cm³/mol. The molecule has 0 fully saturated rings. The summed E-state index contributed by atoms with van der Waals surface area (Å²) >= 11 is 0. The Labute approximate surface area is 169 Å². The number of carbonyl (C=O) groups is 1. The molecule has 2 aromatic carbocycles. The first-order valence-corrected chi connectivity index (χ1v) is 10.1. The summed E-state index contributed by atoms with van der Waals surface area (Å²) in [6.45, 7) is 9.82. The lowest BCUT2D eigenvalue weighted by atomic mass is 10.1. The summed E-state index contributed by atoms with van der Waals surface area (Å²) in [5, 5.41) is 2.93. The topological polar surface area (TPSA) is 44.8 Å². The molecular formula is C23H33N3O2. The minimum absolute atomic E-state index is 0.0673. The van der Waals surface area contributed by atoms with Crippen LogP contribution in [0.25, 0.3) is 0 Å². The fourth-order valence-electron chi connectivity index (χ4n) is 3.01. The second-order valence-corrected chi connectivity index (χ2v) is 6.79. The zero-order chi connectivity index (χ0) is 20.2. The number of likely N-dealkylation sites (N-methyl/N-ethyl adjacent to an activating group) is 1. The summed E-state index contributed by atoms with van der Waals surface area (Å²) in [6.07, 6.45) is 0. The molecule has 0 aliphatic heterocycles. The molecule has 0 aliphatic carbocycles. The van der Waals surface area contributed by atoms with Crippen LogP contribution in [0.4, 0.5) is 5.69 Å². The Morgan fingerprint density at radius 2 is 1.75 bits per heavy atom. The summed E-state index contributed by atoms with van der Waals surface area (Å²) in [5.74, 6) is -0.0673. The number of amides is 1. The van der Waals surface area contributed by atoms with Crippen LogP contribution < -0.4 is 10.2 Å². The molecule has 28 heavy (non-hydrogen) atoms. The lowest BCUT2D eigenvalue weighted by Gasteiger charge is -2.20. The van der Waals surface area contributed by atoms with Crippen molar-refractivity contribution in [3.63, 3.8) is 0 Å². The van der Waals surface area contributed by atoms with E-state index in [9.17, 15) is 4.79 Å². The van der Waals surface area contributed by atoms with Gasteiger partial charge in [-0.15, -0.1) is 0 Å². The van der Waals surface area contributed by atoms with E-state index in [1.807, 2.05) is 49.5 Å². The van der Waals surface area contributed by atoms with Gasteiger partial charge in [-0.1, -0.05) is 50.2 Å². The Balaban J connectivity index is 1.77. The molecule has 0 radical (unpaired) electrons. The zero-order valence-corrected chi connectivity index (χ0v) is 17.4. The van der Waals surface area contributed by atoms with Gasteiger partial charge in [-0.3, -0.25) is 4.79 Å². The minimum atomic E-state index is -0.0673. The van der Waals surface area contributed by atoms with Crippen LogP contribution in [0.2, 0.25) is 0 Å². The normalized spacial score (nSPS) is 10.9. The SMILES string of the molecule is CCN(CC)CCOCCNC(=O)c1cccc(N(C)Cc2ccccc2)c1. The molecule has 5 heteroatoms. The number of nitrogens with one attached hydrogen (secondary N) is 1. The van der Waals surface area contributed by atoms with Crippen molar-refractivity contribution in [1.29, 1.82) is 0 Å². The van der Waals surface area contributed by atoms with E-state index in [1.165, 1.54) is 5.56 Å². The highest BCUT2D eigenvalue weighted by atomic mass is 16.5. The van der Waals surface area contributed by atoms with E-state index >= 15 is 0 Å². The van der Waals surface area contributed by atoms with Crippen molar-refractivity contribution in [3.05, 3.63) is 65.7 Å². The Hall–Kier alpha value is -2.37. The summed E-state index contributed by atoms with van der Waals surface area (Å²) in [5.41, 5.74) is 2.93. The quantitative estimate of drug-likeness (QED) is 0.571. The van der Waals surface area contributed by atoms with Crippen LogP contribution >= 0.6 is 0 Å². The van der Waals surface area contributed by atoms with Gasteiger partial charge in [-0.2, -0.15) is 0 Å². The van der Waals surface area contributed by atoms with Gasteiger partial charge in [0.1, 0.15) is 0 Å². The molecule has 5 nitrogen and oxygen atoms in total. The fraction of sp³-hybridized carbons (Fsp3) is 0.435. The highest BCUT2D eigenvalue weighted by molar-refractivity contribution is 5.95. The molecule has 2 aromatic rings. The second-order valence-electron chi connectivity index (χ2n) is 6.79. The third-order valence-electron chi connectivity index (χ3n) is 4.79. The van der Waals surface area contributed by atoms with E-state index < -0.39 is 0 Å². The molecule has 0 bridgehead atoms. The number of hydrogen-bond donors (Lipinski definition) is 1. The molecule has 0 heterocycles. The van der Waals surface area contributed by atoms with Gasteiger partial charge in [0, 0.05) is 37.9 Å². The maximum Gasteiger partial charge on any atom is 0.251 e. The lowest BCUT2D eigenvalue weighted by Crippen LogP contribution is -2.30. The largest absolute Gasteiger partial charge is 0.378 e. The maximum atomic E-state index is 12.4. The van der Waals surface area contributed by atoms with Crippen molar-refractivity contribution >= 4 is 11.6 Å². The van der Waals surface area contributed by atoms with Crippen LogP contribution in [-0.4, -0.2) is 57.2 Å². The van der Waals surface area contributed by atoms with Gasteiger partial charge in [0.05, 0.1) is 13.2 Å². The highest BCUT2D eigenvalue weighted by Gasteiger charge is 2.08. The third kappa shape index (κ3) is 7.33. The Kier molecular flexibility index (Phi) is 9.52. The number of nitrogens with zero attached hydrogens (tertiary/aromatic N) is 2. The van der Waals surface area contributed by atoms with Gasteiger partial charge in [-0.05, 0) is 36.9 Å². The van der Waals surface area contributed by atoms with Gasteiger partial charge < -0.3 is 19.9 Å². The molecule has 0 saturated carbocycles. The molecular weight excluding hydrogens is 350 g/mol. The maximum absolute atomic E-state index is 12.4. The monoisotopic (exact) mass is 383 g/mol. The molecule has 152 valence electrons. The number of benzene rings is 2. The van der Waals surface area contributed by atoms with E-state index in [0.29, 0.717) is 25.3 Å². The number of carbonyl (C=O) groups excluding carboxylic acids is 1. The van der Waals surface area contributed by atoms with Gasteiger partial charge in [0.15, 0.2) is 0 Å². The van der Waals surface area contributed by atoms with Crippen molar-refractivity contribution in [2.75, 3.05) is 51.3 Å². The van der Waals surface area contributed by atoms with E-state index in [-0.39, 0.29) is 5.91 Å². The summed E-state index contributed by atoms with van der Waals surface area (Å²) in [7, 11) is 2.04. The van der Waals surface area contributed by atoms with Crippen LogP contribution in [0, 0.1) is 0 Å². The first kappa shape index (κ1) is 21.9. The van der Waals surface area contributed by atoms with E-state index in [0.717, 1.165) is 31.9 Å². The number of anilines is 1. The van der Waals surface area contributed by atoms with E-state index in [4.69, 9.17) is 4.74 Å². The fourth-order valence-corrected chi connectivity index (χ4v) is 3.01. The predicted octanol–water partition coefficient (Wildman–Crippen LogP) is 3.41. The average molecular weight is 384 g/mol. The Morgan fingerprint density at radius 1 is 1.00 bits per heavy atom. The van der Waals surface area contributed by atoms with Crippen LogP contribution in [0.1, 0.15) is 29.8 Å². The first-order valence-electron chi connectivity index (χ1n) is 10.1. The van der Waals surface area contributed by atoms with Gasteiger partial charge in [-0.25, -0.2) is 0 Å². The molecule has 0 spiro atoms. The van der Waals surface area contributed by atoms with Gasteiger partial charge >= 0.3 is 0 Å². The molecule has 0 unspecified atom stereocenters. The first-order chi connectivity index (χ1) is 13.6. The number of rotatable bonds is 12. The molecule has 2 rings (SSSR count). The van der Waals surface area contributed by atoms with Crippen molar-refractivity contribution < 1.29 is 9.53 Å². The smallest absolute Gasteiger partial charge is 0.251 e. The van der Waals surface area contributed by atoms with Crippen molar-refractivity contribution in [2.24, 2.45) is 0 Å². The third-order valence-corrected chi connectivity index (χ3v) is 4.79. The van der Waals surface area contributed by atoms with Gasteiger partial charge in [0.25, 0.3) is 5.91 Å². The second kappa shape index (κ2) is 12.2. The molecule has 1 N–H and O–H groups in total. The summed E-state index contributed by atoms with van der Waals surface area (Å²) < 4.78 is 5.62. The van der Waals surface area contributed by atoms with E-state index in [1.54, 1.807) is 0 Å². The number of ether oxygens (including phenoxy) is 1. The molecule has 0 aliphatic rings. The van der Waals surface area contributed by atoms with Crippen LogP contribution in [0.5, 0.6) is 0 Å². The summed E-state index contributed by atoms with van der Waals surface area (Å²) in [4.78, 5) is 16.9. The lowest BCUT2D eigenvalue weighted by molar-refractivity contribution is 0.0884. The molecule has 0 atom stereocenters. The van der Waals surface area contributed by atoms with Crippen molar-refractivity contribution in [3.8, 4) is 0 Å². The Morgan fingerprint density at radius 3 is 2.46 bits per heavy atom. The molecule has 0 aromatic heterocycles. The minimum Gasteiger partial charge on any atom is -0.378 e. The summed E-state index contributed by atoms with van der Waals surface area (Å²) in [6, 6.07) is 18.0. The van der Waals surface area contributed by atoms with Crippen LogP contribution in [0.3, 0.4) is 0 Å². The standard InChI is InChI=1S/C23H33N3O2/c1-4-26(5-2)15-17-28-16-14-24-23(27)21-12-9-13-22(18-21)25(3)19-20-10-7-6-8-11-20/h6-13,18H,4-5,14-17,19H2,1-3H3,(H,24,27). The van der Waals surface area contributed by atoms with Crippen LogP contribution in [0.15, 0.2) is 54.6 Å². The van der Waals surface area contributed by atoms with Crippen molar-refractivity contribution in [2.45, 2.75) is 20.4 Å². The zero-order valence-electron chi connectivity index (χ0n) is 17.4. The molecule has 1 amide bonds. The van der Waals surface area contributed by atoms with E-state index in [2.05, 4.69) is 41.1 Å². The van der Waals surface area contributed by atoms with Gasteiger partial charge in [0.2, 0.25) is 0 Å². The van der Waals surface area contributed by atoms with Crippen molar-refractivity contribution in [1.82, 2.24) is 10.2 Å².